The molecule has 0 aliphatic rings. The quantitative estimate of drug-likeness (QED) is 0.650. The Balaban J connectivity index is 2.51. The largest absolute Gasteiger partial charge is 0.466 e. The summed E-state index contributed by atoms with van der Waals surface area (Å²) in [5.41, 5.74) is 1.18. The number of carbonyl (C=O) groups is 2. The van der Waals surface area contributed by atoms with E-state index in [0.717, 1.165) is 6.54 Å². The van der Waals surface area contributed by atoms with E-state index >= 15 is 0 Å². The highest BCUT2D eigenvalue weighted by Gasteiger charge is 2.10. The van der Waals surface area contributed by atoms with Crippen molar-refractivity contribution in [1.82, 2.24) is 4.90 Å². The van der Waals surface area contributed by atoms with Gasteiger partial charge in [-0.3, -0.25) is 14.5 Å². The number of ketones is 1. The van der Waals surface area contributed by atoms with Crippen molar-refractivity contribution >= 4 is 11.8 Å². The highest BCUT2D eigenvalue weighted by molar-refractivity contribution is 5.75. The van der Waals surface area contributed by atoms with Gasteiger partial charge in [0.05, 0.1) is 13.0 Å². The first-order valence-corrected chi connectivity index (χ1v) is 7.03. The van der Waals surface area contributed by atoms with Crippen LogP contribution in [0.1, 0.15) is 32.3 Å². The van der Waals surface area contributed by atoms with Gasteiger partial charge in [-0.1, -0.05) is 30.3 Å². The molecule has 1 aromatic carbocycles. The van der Waals surface area contributed by atoms with Crippen molar-refractivity contribution in [2.24, 2.45) is 0 Å². The second kappa shape index (κ2) is 9.26. The van der Waals surface area contributed by atoms with Gasteiger partial charge in [-0.2, -0.15) is 0 Å². The molecule has 0 spiro atoms. The van der Waals surface area contributed by atoms with Crippen molar-refractivity contribution in [2.75, 3.05) is 19.7 Å². The van der Waals surface area contributed by atoms with Crippen molar-refractivity contribution in [3.05, 3.63) is 35.9 Å². The fourth-order valence-corrected chi connectivity index (χ4v) is 1.91. The summed E-state index contributed by atoms with van der Waals surface area (Å²) in [5, 5.41) is 0. The minimum Gasteiger partial charge on any atom is -0.466 e. The summed E-state index contributed by atoms with van der Waals surface area (Å²) in [6.45, 7) is 5.82. The van der Waals surface area contributed by atoms with Gasteiger partial charge in [-0.25, -0.2) is 0 Å². The first-order valence-electron chi connectivity index (χ1n) is 7.03. The maximum atomic E-state index is 11.4. The van der Waals surface area contributed by atoms with Crippen LogP contribution in [0.4, 0.5) is 0 Å². The summed E-state index contributed by atoms with van der Waals surface area (Å²) in [6, 6.07) is 10.0. The molecule has 0 heterocycles. The molecule has 0 unspecified atom stereocenters. The van der Waals surface area contributed by atoms with E-state index in [1.54, 1.807) is 13.8 Å². The minimum absolute atomic E-state index is 0.166. The molecule has 1 aromatic rings. The van der Waals surface area contributed by atoms with E-state index in [0.29, 0.717) is 32.5 Å². The molecule has 4 heteroatoms. The van der Waals surface area contributed by atoms with E-state index in [4.69, 9.17) is 4.74 Å². The van der Waals surface area contributed by atoms with Crippen LogP contribution in [0.3, 0.4) is 0 Å². The number of hydrogen-bond donors (Lipinski definition) is 0. The standard InChI is InChI=1S/C16H23NO3/c1-3-20-16(19)10-12-17(11-9-14(2)18)13-15-7-5-4-6-8-15/h4-8H,3,9-13H2,1-2H3. The molecule has 110 valence electrons. The third-order valence-corrected chi connectivity index (χ3v) is 2.97. The molecule has 0 aliphatic carbocycles. The van der Waals surface area contributed by atoms with Crippen molar-refractivity contribution in [3.8, 4) is 0 Å². The van der Waals surface area contributed by atoms with Crippen LogP contribution >= 0.6 is 0 Å². The Labute approximate surface area is 120 Å². The van der Waals surface area contributed by atoms with Crippen LogP contribution in [0.25, 0.3) is 0 Å². The van der Waals surface area contributed by atoms with Crippen LogP contribution in [0.2, 0.25) is 0 Å². The van der Waals surface area contributed by atoms with E-state index < -0.39 is 0 Å². The third-order valence-electron chi connectivity index (χ3n) is 2.97. The number of benzene rings is 1. The van der Waals surface area contributed by atoms with Crippen LogP contribution in [-0.2, 0) is 20.9 Å². The SMILES string of the molecule is CCOC(=O)CCN(CCC(C)=O)Cc1ccccc1. The molecule has 4 nitrogen and oxygen atoms in total. The molecule has 0 amide bonds. The van der Waals surface area contributed by atoms with Gasteiger partial charge in [0.25, 0.3) is 0 Å². The van der Waals surface area contributed by atoms with Gasteiger partial charge in [0.2, 0.25) is 0 Å². The molecule has 0 fully saturated rings. The van der Waals surface area contributed by atoms with Gasteiger partial charge in [0.1, 0.15) is 5.78 Å². The number of Topliss-reactive ketones (excluding diaryl/α,β-unsaturated/α-hetero) is 1. The van der Waals surface area contributed by atoms with Crippen molar-refractivity contribution in [2.45, 2.75) is 33.2 Å². The van der Waals surface area contributed by atoms with E-state index in [1.807, 2.05) is 30.3 Å². The Morgan fingerprint density at radius 1 is 1.10 bits per heavy atom. The average molecular weight is 277 g/mol. The Kier molecular flexibility index (Phi) is 7.58. The lowest BCUT2D eigenvalue weighted by Crippen LogP contribution is -2.28. The highest BCUT2D eigenvalue weighted by Crippen LogP contribution is 2.06. The first-order chi connectivity index (χ1) is 9.61. The first kappa shape index (κ1) is 16.4. The van der Waals surface area contributed by atoms with Gasteiger partial charge in [-0.05, 0) is 19.4 Å². The molecule has 1 rings (SSSR count). The molecule has 0 radical (unpaired) electrons. The van der Waals surface area contributed by atoms with E-state index in [-0.39, 0.29) is 11.8 Å². The zero-order valence-electron chi connectivity index (χ0n) is 12.3. The van der Waals surface area contributed by atoms with Gasteiger partial charge in [0, 0.05) is 26.1 Å². The lowest BCUT2D eigenvalue weighted by atomic mass is 10.2. The molecule has 0 saturated heterocycles. The predicted molar refractivity (Wildman–Crippen MR) is 78.3 cm³/mol. The molecule has 0 atom stereocenters. The maximum Gasteiger partial charge on any atom is 0.307 e. The number of esters is 1. The molecule has 0 aliphatic heterocycles. The van der Waals surface area contributed by atoms with Crippen LogP contribution < -0.4 is 0 Å². The lowest BCUT2D eigenvalue weighted by molar-refractivity contribution is -0.143. The van der Waals surface area contributed by atoms with Gasteiger partial charge < -0.3 is 4.74 Å². The Bertz CT molecular complexity index is 417. The van der Waals surface area contributed by atoms with E-state index in [1.165, 1.54) is 5.56 Å². The summed E-state index contributed by atoms with van der Waals surface area (Å²) >= 11 is 0. The maximum absolute atomic E-state index is 11.4. The van der Waals surface area contributed by atoms with Crippen molar-refractivity contribution in [1.29, 1.82) is 0 Å². The van der Waals surface area contributed by atoms with Crippen LogP contribution in [-0.4, -0.2) is 36.3 Å². The van der Waals surface area contributed by atoms with Crippen molar-refractivity contribution < 1.29 is 14.3 Å². The summed E-state index contributed by atoms with van der Waals surface area (Å²) in [6.07, 6.45) is 0.869. The predicted octanol–water partition coefficient (Wildman–Crippen LogP) is 2.42. The summed E-state index contributed by atoms with van der Waals surface area (Å²) in [7, 11) is 0. The summed E-state index contributed by atoms with van der Waals surface area (Å²) in [5.74, 6) is -0.0208. The monoisotopic (exact) mass is 277 g/mol. The summed E-state index contributed by atoms with van der Waals surface area (Å²) in [4.78, 5) is 24.7. The molecule has 20 heavy (non-hydrogen) atoms. The molecule has 0 bridgehead atoms. The zero-order chi connectivity index (χ0) is 14.8. The highest BCUT2D eigenvalue weighted by atomic mass is 16.5. The Morgan fingerprint density at radius 2 is 1.75 bits per heavy atom. The van der Waals surface area contributed by atoms with Crippen LogP contribution in [0, 0.1) is 0 Å². The molecule has 0 aromatic heterocycles. The van der Waals surface area contributed by atoms with Crippen LogP contribution in [0.5, 0.6) is 0 Å². The summed E-state index contributed by atoms with van der Waals surface area (Å²) < 4.78 is 4.94. The minimum atomic E-state index is -0.187. The Morgan fingerprint density at radius 3 is 2.35 bits per heavy atom. The number of carbonyl (C=O) groups excluding carboxylic acids is 2. The van der Waals surface area contributed by atoms with E-state index in [9.17, 15) is 9.59 Å². The fraction of sp³-hybridized carbons (Fsp3) is 0.500. The Hall–Kier alpha value is -1.68. The second-order valence-electron chi connectivity index (χ2n) is 4.77. The topological polar surface area (TPSA) is 46.6 Å². The smallest absolute Gasteiger partial charge is 0.307 e. The number of rotatable bonds is 9. The normalized spacial score (nSPS) is 10.6. The average Bonchev–Trinajstić information content (AvgIpc) is 2.43. The molecule has 0 saturated carbocycles. The second-order valence-corrected chi connectivity index (χ2v) is 4.77. The van der Waals surface area contributed by atoms with Gasteiger partial charge in [0.15, 0.2) is 0 Å². The van der Waals surface area contributed by atoms with Gasteiger partial charge >= 0.3 is 5.97 Å². The van der Waals surface area contributed by atoms with Gasteiger partial charge in [-0.15, -0.1) is 0 Å². The van der Waals surface area contributed by atoms with Crippen molar-refractivity contribution in [3.63, 3.8) is 0 Å². The lowest BCUT2D eigenvalue weighted by Gasteiger charge is -2.21. The molecular formula is C16H23NO3. The number of nitrogens with zero attached hydrogens (tertiary/aromatic N) is 1. The van der Waals surface area contributed by atoms with E-state index in [2.05, 4.69) is 4.90 Å². The zero-order valence-corrected chi connectivity index (χ0v) is 12.3. The number of ether oxygens (including phenoxy) is 1. The number of hydrogen-bond acceptors (Lipinski definition) is 4. The van der Waals surface area contributed by atoms with Crippen LogP contribution in [0.15, 0.2) is 30.3 Å². The molecular weight excluding hydrogens is 254 g/mol. The third kappa shape index (κ3) is 7.04. The molecule has 0 N–H and O–H groups in total. The fourth-order valence-electron chi connectivity index (χ4n) is 1.91.